The summed E-state index contributed by atoms with van der Waals surface area (Å²) in [6.45, 7) is 0.224. The van der Waals surface area contributed by atoms with Gasteiger partial charge in [0.1, 0.15) is 11.5 Å². The van der Waals surface area contributed by atoms with E-state index in [0.29, 0.717) is 12.2 Å². The Hall–Kier alpha value is -3.01. The fourth-order valence-electron chi connectivity index (χ4n) is 2.56. The molecular weight excluding hydrogens is 316 g/mol. The highest BCUT2D eigenvalue weighted by atomic mass is 19.1. The van der Waals surface area contributed by atoms with Gasteiger partial charge >= 0.3 is 0 Å². The zero-order valence-electron chi connectivity index (χ0n) is 12.6. The summed E-state index contributed by atoms with van der Waals surface area (Å²) in [6.07, 6.45) is 1.71. The molecule has 1 fully saturated rings. The number of hydrogen-bond donors (Lipinski definition) is 0. The molecule has 7 heteroatoms. The molecule has 1 saturated heterocycles. The van der Waals surface area contributed by atoms with Crippen molar-refractivity contribution in [3.63, 3.8) is 0 Å². The van der Waals surface area contributed by atoms with Crippen molar-refractivity contribution in [2.24, 2.45) is 0 Å². The zero-order chi connectivity index (χ0) is 17.2. The van der Waals surface area contributed by atoms with Gasteiger partial charge < -0.3 is 4.90 Å². The Morgan fingerprint density at radius 1 is 1.33 bits per heavy atom. The van der Waals surface area contributed by atoms with E-state index in [1.807, 2.05) is 0 Å². The van der Waals surface area contributed by atoms with Gasteiger partial charge in [0.2, 0.25) is 0 Å². The molecule has 3 rings (SSSR count). The molecule has 0 bridgehead atoms. The molecule has 0 aliphatic carbocycles. The molecule has 0 amide bonds. The Bertz CT molecular complexity index is 833. The number of nitro groups is 1. The number of non-ortho nitro benzene ring substituents is 1. The van der Waals surface area contributed by atoms with Crippen LogP contribution in [0.5, 0.6) is 0 Å². The van der Waals surface area contributed by atoms with E-state index in [-0.39, 0.29) is 24.3 Å². The van der Waals surface area contributed by atoms with Gasteiger partial charge in [-0.15, -0.1) is 0 Å². The quantitative estimate of drug-likeness (QED) is 0.483. The number of pyridine rings is 1. The summed E-state index contributed by atoms with van der Waals surface area (Å²) in [5, 5.41) is 10.8. The minimum Gasteiger partial charge on any atom is -0.367 e. The highest BCUT2D eigenvalue weighted by Gasteiger charge is 2.37. The zero-order valence-corrected chi connectivity index (χ0v) is 12.6. The fraction of sp³-hybridized carbons (Fsp3) is 0.235. The number of nitrogens with zero attached hydrogens (tertiary/aromatic N) is 3. The summed E-state index contributed by atoms with van der Waals surface area (Å²) in [5.74, 6) is 4.55. The largest absolute Gasteiger partial charge is 0.367 e. The van der Waals surface area contributed by atoms with Crippen LogP contribution in [0.2, 0.25) is 0 Å². The number of halogens is 2. The van der Waals surface area contributed by atoms with Crippen LogP contribution in [0.15, 0.2) is 42.6 Å². The molecule has 0 N–H and O–H groups in total. The Morgan fingerprint density at radius 2 is 2.17 bits per heavy atom. The van der Waals surface area contributed by atoms with E-state index >= 15 is 0 Å². The summed E-state index contributed by atoms with van der Waals surface area (Å²) < 4.78 is 28.4. The van der Waals surface area contributed by atoms with E-state index in [1.54, 1.807) is 29.3 Å². The summed E-state index contributed by atoms with van der Waals surface area (Å²) in [7, 11) is 0. The van der Waals surface area contributed by atoms with Gasteiger partial charge in [-0.2, -0.15) is 0 Å². The molecule has 0 saturated carbocycles. The first-order chi connectivity index (χ1) is 11.5. The van der Waals surface area contributed by atoms with Gasteiger partial charge in [0.15, 0.2) is 5.67 Å². The Labute approximate surface area is 137 Å². The molecule has 2 heterocycles. The van der Waals surface area contributed by atoms with Crippen molar-refractivity contribution in [1.29, 1.82) is 0 Å². The highest BCUT2D eigenvalue weighted by Crippen LogP contribution is 2.31. The molecule has 1 atom stereocenters. The smallest absolute Gasteiger partial charge is 0.274 e. The molecule has 5 nitrogen and oxygen atoms in total. The molecular formula is C17H13F2N3O2. The van der Waals surface area contributed by atoms with Gasteiger partial charge in [-0.25, -0.2) is 13.8 Å². The second kappa shape index (κ2) is 6.24. The monoisotopic (exact) mass is 329 g/mol. The molecule has 0 radical (unpaired) electrons. The fourth-order valence-corrected chi connectivity index (χ4v) is 2.56. The minimum absolute atomic E-state index is 0.0760. The minimum atomic E-state index is -1.77. The lowest BCUT2D eigenvalue weighted by Crippen LogP contribution is -2.27. The van der Waals surface area contributed by atoms with Crippen LogP contribution >= 0.6 is 0 Å². The van der Waals surface area contributed by atoms with Gasteiger partial charge in [0.05, 0.1) is 17.5 Å². The Morgan fingerprint density at radius 3 is 2.88 bits per heavy atom. The van der Waals surface area contributed by atoms with Crippen molar-refractivity contribution in [3.8, 4) is 11.8 Å². The molecule has 1 aliphatic heterocycles. The summed E-state index contributed by atoms with van der Waals surface area (Å²) in [5.41, 5.74) is -1.38. The molecule has 0 spiro atoms. The van der Waals surface area contributed by atoms with Crippen molar-refractivity contribution in [2.75, 3.05) is 18.0 Å². The number of nitro benzene ring substituents is 1. The van der Waals surface area contributed by atoms with E-state index < -0.39 is 16.4 Å². The first-order valence-electron chi connectivity index (χ1n) is 7.28. The number of anilines is 1. The Balaban J connectivity index is 1.80. The molecule has 122 valence electrons. The third-order valence-corrected chi connectivity index (χ3v) is 3.74. The highest BCUT2D eigenvalue weighted by molar-refractivity contribution is 5.55. The number of aromatic nitrogens is 1. The second-order valence-electron chi connectivity index (χ2n) is 5.53. The van der Waals surface area contributed by atoms with Crippen molar-refractivity contribution in [3.05, 3.63) is 64.2 Å². The van der Waals surface area contributed by atoms with E-state index in [2.05, 4.69) is 16.8 Å². The van der Waals surface area contributed by atoms with Crippen LogP contribution in [0.25, 0.3) is 0 Å². The Kier molecular flexibility index (Phi) is 4.13. The maximum Gasteiger partial charge on any atom is 0.274 e. The van der Waals surface area contributed by atoms with Crippen molar-refractivity contribution >= 4 is 11.4 Å². The van der Waals surface area contributed by atoms with Gasteiger partial charge in [0.25, 0.3) is 5.69 Å². The van der Waals surface area contributed by atoms with E-state index in [4.69, 9.17) is 0 Å². The number of rotatable bonds is 2. The van der Waals surface area contributed by atoms with Gasteiger partial charge in [-0.3, -0.25) is 10.1 Å². The first kappa shape index (κ1) is 15.9. The van der Waals surface area contributed by atoms with Crippen LogP contribution < -0.4 is 4.90 Å². The topological polar surface area (TPSA) is 59.3 Å². The van der Waals surface area contributed by atoms with Crippen LogP contribution in [0.1, 0.15) is 12.1 Å². The number of benzene rings is 1. The summed E-state index contributed by atoms with van der Waals surface area (Å²) in [4.78, 5) is 15.7. The maximum absolute atomic E-state index is 14.8. The van der Waals surface area contributed by atoms with Crippen LogP contribution in [0.3, 0.4) is 0 Å². The molecule has 1 aromatic carbocycles. The van der Waals surface area contributed by atoms with Gasteiger partial charge in [-0.05, 0) is 24.1 Å². The molecule has 1 unspecified atom stereocenters. The van der Waals surface area contributed by atoms with Gasteiger partial charge in [-0.1, -0.05) is 12.0 Å². The number of alkyl halides is 1. The van der Waals surface area contributed by atoms with Crippen LogP contribution in [-0.4, -0.2) is 28.7 Å². The third kappa shape index (κ3) is 3.49. The van der Waals surface area contributed by atoms with Crippen LogP contribution in [-0.2, 0) is 0 Å². The second-order valence-corrected chi connectivity index (χ2v) is 5.53. The van der Waals surface area contributed by atoms with Crippen molar-refractivity contribution in [2.45, 2.75) is 12.1 Å². The van der Waals surface area contributed by atoms with Crippen LogP contribution in [0.4, 0.5) is 20.2 Å². The van der Waals surface area contributed by atoms with Crippen molar-refractivity contribution in [1.82, 2.24) is 4.98 Å². The lowest BCUT2D eigenvalue weighted by molar-refractivity contribution is -0.385. The number of hydrogen-bond acceptors (Lipinski definition) is 4. The average molecular weight is 329 g/mol. The third-order valence-electron chi connectivity index (χ3n) is 3.74. The predicted octanol–water partition coefficient (Wildman–Crippen LogP) is 3.10. The lowest BCUT2D eigenvalue weighted by atomic mass is 10.1. The molecule has 24 heavy (non-hydrogen) atoms. The molecule has 1 aliphatic rings. The lowest BCUT2D eigenvalue weighted by Gasteiger charge is -2.19. The summed E-state index contributed by atoms with van der Waals surface area (Å²) >= 11 is 0. The van der Waals surface area contributed by atoms with Gasteiger partial charge in [0, 0.05) is 30.9 Å². The maximum atomic E-state index is 14.8. The molecule has 2 aromatic rings. The SMILES string of the molecule is O=[N+]([O-])c1cc(F)cc(N2CCC(F)(C#Cc3ccccn3)C2)c1. The average Bonchev–Trinajstić information content (AvgIpc) is 2.96. The van der Waals surface area contributed by atoms with E-state index in [9.17, 15) is 18.9 Å². The first-order valence-corrected chi connectivity index (χ1v) is 7.28. The summed E-state index contributed by atoms with van der Waals surface area (Å²) in [6, 6.07) is 8.41. The van der Waals surface area contributed by atoms with Crippen molar-refractivity contribution < 1.29 is 13.7 Å². The predicted molar refractivity (Wildman–Crippen MR) is 84.8 cm³/mol. The van der Waals surface area contributed by atoms with E-state index in [1.165, 1.54) is 6.07 Å². The standard InChI is InChI=1S/C17H13F2N3O2/c18-13-9-15(11-16(10-13)22(23)24)21-8-6-17(19,12-21)5-4-14-3-1-2-7-20-14/h1-3,7,9-11H,6,8,12H2. The molecule has 1 aromatic heterocycles. The normalized spacial score (nSPS) is 19.7. The van der Waals surface area contributed by atoms with Crippen LogP contribution in [0, 0.1) is 27.8 Å². The van der Waals surface area contributed by atoms with E-state index in [0.717, 1.165) is 12.1 Å².